The van der Waals surface area contributed by atoms with Crippen molar-refractivity contribution in [2.24, 2.45) is 7.05 Å². The summed E-state index contributed by atoms with van der Waals surface area (Å²) >= 11 is 3.49. The van der Waals surface area contributed by atoms with Crippen molar-refractivity contribution in [1.82, 2.24) is 14.7 Å². The Kier molecular flexibility index (Phi) is 4.24. The molecule has 2 aromatic rings. The molecule has 1 amide bonds. The number of aromatic nitrogens is 2. The van der Waals surface area contributed by atoms with Crippen LogP contribution in [0.5, 0.6) is 0 Å². The summed E-state index contributed by atoms with van der Waals surface area (Å²) in [5, 5.41) is 5.26. The van der Waals surface area contributed by atoms with Crippen LogP contribution in [0.25, 0.3) is 10.9 Å². The summed E-state index contributed by atoms with van der Waals surface area (Å²) in [7, 11) is 3.68. The zero-order chi connectivity index (χ0) is 14.0. The minimum absolute atomic E-state index is 0.0232. The van der Waals surface area contributed by atoms with Gasteiger partial charge in [-0.25, -0.2) is 0 Å². The van der Waals surface area contributed by atoms with E-state index in [-0.39, 0.29) is 5.91 Å². The molecule has 0 fully saturated rings. The van der Waals surface area contributed by atoms with Crippen molar-refractivity contribution in [2.75, 3.05) is 13.6 Å². The molecular formula is C14H18BrN3O. The third-order valence-corrected chi connectivity index (χ3v) is 3.63. The highest BCUT2D eigenvalue weighted by Gasteiger charge is 2.19. The van der Waals surface area contributed by atoms with Crippen molar-refractivity contribution in [2.45, 2.75) is 18.2 Å². The molecule has 0 N–H and O–H groups in total. The Labute approximate surface area is 121 Å². The van der Waals surface area contributed by atoms with Crippen LogP contribution in [0.3, 0.4) is 0 Å². The summed E-state index contributed by atoms with van der Waals surface area (Å²) in [6, 6.07) is 7.80. The van der Waals surface area contributed by atoms with E-state index in [0.717, 1.165) is 23.9 Å². The fourth-order valence-corrected chi connectivity index (χ4v) is 2.23. The molecule has 0 aliphatic heterocycles. The van der Waals surface area contributed by atoms with E-state index in [1.54, 1.807) is 9.58 Å². The first-order valence-corrected chi connectivity index (χ1v) is 7.23. The van der Waals surface area contributed by atoms with Gasteiger partial charge in [-0.3, -0.25) is 9.48 Å². The van der Waals surface area contributed by atoms with Gasteiger partial charge in [-0.15, -0.1) is 0 Å². The summed E-state index contributed by atoms with van der Waals surface area (Å²) in [4.78, 5) is 14.6. The van der Waals surface area contributed by atoms with Crippen LogP contribution in [0.4, 0.5) is 0 Å². The van der Waals surface area contributed by atoms with Crippen LogP contribution < -0.4 is 0 Å². The highest BCUT2D eigenvalue weighted by Crippen LogP contribution is 2.18. The van der Waals surface area contributed by atoms with Crippen molar-refractivity contribution in [1.29, 1.82) is 0 Å². The van der Waals surface area contributed by atoms with Gasteiger partial charge in [0.1, 0.15) is 0 Å². The first kappa shape index (κ1) is 14.1. The maximum Gasteiger partial charge on any atom is 0.274 e. The summed E-state index contributed by atoms with van der Waals surface area (Å²) < 4.78 is 1.75. The Bertz CT molecular complexity index is 591. The van der Waals surface area contributed by atoms with Gasteiger partial charge < -0.3 is 4.90 Å². The standard InChI is InChI=1S/C14H18BrN3O/c1-10(15)8-9-17(2)14(19)13-11-6-4-5-7-12(11)18(3)16-13/h4-7,10H,8-9H2,1-3H3. The largest absolute Gasteiger partial charge is 0.340 e. The zero-order valence-corrected chi connectivity index (χ0v) is 13.0. The van der Waals surface area contributed by atoms with Crippen LogP contribution in [0.1, 0.15) is 23.8 Å². The van der Waals surface area contributed by atoms with E-state index in [9.17, 15) is 4.79 Å². The van der Waals surface area contributed by atoms with E-state index < -0.39 is 0 Å². The molecule has 0 saturated heterocycles. The lowest BCUT2D eigenvalue weighted by molar-refractivity contribution is 0.0789. The van der Waals surface area contributed by atoms with Gasteiger partial charge >= 0.3 is 0 Å². The van der Waals surface area contributed by atoms with Gasteiger partial charge in [0.05, 0.1) is 5.52 Å². The molecule has 0 spiro atoms. The lowest BCUT2D eigenvalue weighted by Gasteiger charge is -2.16. The van der Waals surface area contributed by atoms with Crippen LogP contribution in [-0.4, -0.2) is 39.0 Å². The second-order valence-corrected chi connectivity index (χ2v) is 6.35. The van der Waals surface area contributed by atoms with Gasteiger partial charge in [0, 0.05) is 30.9 Å². The fraction of sp³-hybridized carbons (Fsp3) is 0.429. The van der Waals surface area contributed by atoms with Crippen LogP contribution in [-0.2, 0) is 7.05 Å². The van der Waals surface area contributed by atoms with Crippen molar-refractivity contribution < 1.29 is 4.79 Å². The van der Waals surface area contributed by atoms with Gasteiger partial charge in [-0.05, 0) is 12.5 Å². The Morgan fingerprint density at radius 1 is 1.47 bits per heavy atom. The predicted octanol–water partition coefficient (Wildman–Crippen LogP) is 2.82. The Hall–Kier alpha value is -1.36. The number of hydrogen-bond donors (Lipinski definition) is 0. The molecule has 5 heteroatoms. The predicted molar refractivity (Wildman–Crippen MR) is 80.7 cm³/mol. The quantitative estimate of drug-likeness (QED) is 0.811. The smallest absolute Gasteiger partial charge is 0.274 e. The van der Waals surface area contributed by atoms with E-state index in [0.29, 0.717) is 10.5 Å². The molecule has 2 rings (SSSR count). The second-order valence-electron chi connectivity index (χ2n) is 4.79. The van der Waals surface area contributed by atoms with Crippen LogP contribution in [0.15, 0.2) is 24.3 Å². The molecule has 0 aliphatic rings. The lowest BCUT2D eigenvalue weighted by Crippen LogP contribution is -2.29. The van der Waals surface area contributed by atoms with E-state index in [4.69, 9.17) is 0 Å². The Morgan fingerprint density at radius 2 is 2.16 bits per heavy atom. The number of fused-ring (bicyclic) bond motifs is 1. The van der Waals surface area contributed by atoms with Crippen molar-refractivity contribution in [3.05, 3.63) is 30.0 Å². The van der Waals surface area contributed by atoms with Crippen molar-refractivity contribution in [3.8, 4) is 0 Å². The molecule has 1 unspecified atom stereocenters. The van der Waals surface area contributed by atoms with Gasteiger partial charge in [0.2, 0.25) is 0 Å². The molecular weight excluding hydrogens is 306 g/mol. The number of nitrogens with zero attached hydrogens (tertiary/aromatic N) is 3. The molecule has 102 valence electrons. The zero-order valence-electron chi connectivity index (χ0n) is 11.4. The van der Waals surface area contributed by atoms with Crippen molar-refractivity contribution in [3.63, 3.8) is 0 Å². The van der Waals surface area contributed by atoms with Crippen molar-refractivity contribution >= 4 is 32.7 Å². The van der Waals surface area contributed by atoms with Gasteiger partial charge in [-0.2, -0.15) is 5.10 Å². The average molecular weight is 324 g/mol. The number of amides is 1. The molecule has 0 aliphatic carbocycles. The summed E-state index contributed by atoms with van der Waals surface area (Å²) in [5.41, 5.74) is 1.51. The second kappa shape index (κ2) is 5.74. The van der Waals surface area contributed by atoms with E-state index >= 15 is 0 Å². The molecule has 0 bridgehead atoms. The number of benzene rings is 1. The first-order chi connectivity index (χ1) is 9.00. The normalized spacial score (nSPS) is 12.6. The monoisotopic (exact) mass is 323 g/mol. The van der Waals surface area contributed by atoms with E-state index in [2.05, 4.69) is 28.0 Å². The number of rotatable bonds is 4. The molecule has 0 saturated carbocycles. The number of para-hydroxylation sites is 1. The van der Waals surface area contributed by atoms with Crippen LogP contribution >= 0.6 is 15.9 Å². The molecule has 4 nitrogen and oxygen atoms in total. The van der Waals surface area contributed by atoms with Crippen LogP contribution in [0.2, 0.25) is 0 Å². The number of aryl methyl sites for hydroxylation is 1. The number of halogens is 1. The maximum atomic E-state index is 12.4. The van der Waals surface area contributed by atoms with Gasteiger partial charge in [-0.1, -0.05) is 41.1 Å². The molecule has 1 aromatic heterocycles. The summed E-state index contributed by atoms with van der Waals surface area (Å²) in [5.74, 6) is -0.0232. The summed E-state index contributed by atoms with van der Waals surface area (Å²) in [6.45, 7) is 2.80. The molecule has 1 heterocycles. The Morgan fingerprint density at radius 3 is 2.84 bits per heavy atom. The topological polar surface area (TPSA) is 38.1 Å². The third-order valence-electron chi connectivity index (χ3n) is 3.17. The molecule has 1 aromatic carbocycles. The van der Waals surface area contributed by atoms with Crippen LogP contribution in [0, 0.1) is 0 Å². The number of carbonyl (C=O) groups is 1. The average Bonchev–Trinajstić information content (AvgIpc) is 2.73. The van der Waals surface area contributed by atoms with Gasteiger partial charge in [0.15, 0.2) is 5.69 Å². The fourth-order valence-electron chi connectivity index (χ4n) is 2.03. The van der Waals surface area contributed by atoms with E-state index in [1.165, 1.54) is 0 Å². The molecule has 19 heavy (non-hydrogen) atoms. The Balaban J connectivity index is 2.26. The number of carbonyl (C=O) groups excluding carboxylic acids is 1. The highest BCUT2D eigenvalue weighted by atomic mass is 79.9. The maximum absolute atomic E-state index is 12.4. The molecule has 1 atom stereocenters. The SMILES string of the molecule is CC(Br)CCN(C)C(=O)c1nn(C)c2ccccc12. The van der Waals surface area contributed by atoms with E-state index in [1.807, 2.05) is 38.4 Å². The highest BCUT2D eigenvalue weighted by molar-refractivity contribution is 9.09. The number of hydrogen-bond acceptors (Lipinski definition) is 2. The minimum Gasteiger partial charge on any atom is -0.340 e. The molecule has 0 radical (unpaired) electrons. The summed E-state index contributed by atoms with van der Waals surface area (Å²) in [6.07, 6.45) is 0.924. The first-order valence-electron chi connectivity index (χ1n) is 6.32. The third kappa shape index (κ3) is 2.97. The number of alkyl halides is 1. The minimum atomic E-state index is -0.0232. The lowest BCUT2D eigenvalue weighted by atomic mass is 10.2. The van der Waals surface area contributed by atoms with Gasteiger partial charge in [0.25, 0.3) is 5.91 Å².